The summed E-state index contributed by atoms with van der Waals surface area (Å²) < 4.78 is 10.7. The van der Waals surface area contributed by atoms with Gasteiger partial charge in [0.25, 0.3) is 0 Å². The first-order valence-corrected chi connectivity index (χ1v) is 7.34. The van der Waals surface area contributed by atoms with Crippen LogP contribution >= 0.6 is 11.3 Å². The average molecular weight is 292 g/mol. The molecule has 1 heterocycles. The third-order valence-corrected chi connectivity index (χ3v) is 4.39. The summed E-state index contributed by atoms with van der Waals surface area (Å²) in [6.45, 7) is 6.22. The van der Waals surface area contributed by atoms with Crippen molar-refractivity contribution in [3.63, 3.8) is 0 Å². The number of hydrogen-bond donors (Lipinski definition) is 1. The third-order valence-electron chi connectivity index (χ3n) is 3.28. The average Bonchev–Trinajstić information content (AvgIpc) is 2.86. The number of benzene rings is 1. The van der Waals surface area contributed by atoms with Crippen LogP contribution in [0.25, 0.3) is 0 Å². The molecule has 20 heavy (non-hydrogen) atoms. The second-order valence-electron chi connectivity index (χ2n) is 4.69. The van der Waals surface area contributed by atoms with Gasteiger partial charge in [0.15, 0.2) is 11.5 Å². The zero-order valence-electron chi connectivity index (χ0n) is 12.5. The lowest BCUT2D eigenvalue weighted by molar-refractivity contribution is 0.355. The van der Waals surface area contributed by atoms with Crippen molar-refractivity contribution < 1.29 is 9.47 Å². The minimum atomic E-state index is 0.208. The quantitative estimate of drug-likeness (QED) is 0.906. The molecular weight excluding hydrogens is 272 g/mol. The van der Waals surface area contributed by atoms with Crippen LogP contribution in [-0.4, -0.2) is 19.2 Å². The van der Waals surface area contributed by atoms with Gasteiger partial charge in [0.05, 0.1) is 31.5 Å². The molecule has 0 aliphatic heterocycles. The summed E-state index contributed by atoms with van der Waals surface area (Å²) in [5.41, 5.74) is 5.12. The maximum Gasteiger partial charge on any atom is 0.162 e. The Labute approximate surface area is 123 Å². The molecule has 0 radical (unpaired) electrons. The summed E-state index contributed by atoms with van der Waals surface area (Å²) in [5.74, 6) is 1.48. The van der Waals surface area contributed by atoms with Crippen molar-refractivity contribution >= 4 is 17.0 Å². The Hall–Kier alpha value is -1.75. The van der Waals surface area contributed by atoms with Gasteiger partial charge in [0.2, 0.25) is 0 Å². The highest BCUT2D eigenvalue weighted by molar-refractivity contribution is 7.09. The van der Waals surface area contributed by atoms with E-state index in [0.717, 1.165) is 28.4 Å². The molecule has 0 amide bonds. The van der Waals surface area contributed by atoms with Gasteiger partial charge >= 0.3 is 0 Å². The number of nitrogens with one attached hydrogen (secondary N) is 1. The molecule has 1 unspecified atom stereocenters. The molecule has 2 rings (SSSR count). The van der Waals surface area contributed by atoms with Crippen LogP contribution in [0.3, 0.4) is 0 Å². The van der Waals surface area contributed by atoms with Gasteiger partial charge in [-0.3, -0.25) is 0 Å². The predicted octanol–water partition coefficient (Wildman–Crippen LogP) is 3.95. The van der Waals surface area contributed by atoms with Gasteiger partial charge in [0, 0.05) is 16.6 Å². The number of ether oxygens (including phenoxy) is 2. The van der Waals surface area contributed by atoms with E-state index in [4.69, 9.17) is 9.47 Å². The summed E-state index contributed by atoms with van der Waals surface area (Å²) in [7, 11) is 3.29. The molecule has 2 aromatic rings. The number of anilines is 1. The summed E-state index contributed by atoms with van der Waals surface area (Å²) in [6, 6.07) is 4.16. The number of thiazole rings is 1. The van der Waals surface area contributed by atoms with Crippen molar-refractivity contribution in [3.05, 3.63) is 33.8 Å². The Morgan fingerprint density at radius 1 is 1.15 bits per heavy atom. The van der Waals surface area contributed by atoms with E-state index < -0.39 is 0 Å². The lowest BCUT2D eigenvalue weighted by Crippen LogP contribution is -2.08. The van der Waals surface area contributed by atoms with Crippen LogP contribution < -0.4 is 14.8 Å². The zero-order chi connectivity index (χ0) is 14.7. The van der Waals surface area contributed by atoms with E-state index in [1.54, 1.807) is 25.6 Å². The first-order valence-electron chi connectivity index (χ1n) is 6.46. The lowest BCUT2D eigenvalue weighted by atomic mass is 10.1. The smallest absolute Gasteiger partial charge is 0.162 e. The van der Waals surface area contributed by atoms with Crippen LogP contribution in [0.2, 0.25) is 0 Å². The van der Waals surface area contributed by atoms with Crippen molar-refractivity contribution in [3.8, 4) is 11.5 Å². The minimum Gasteiger partial charge on any atom is -0.493 e. The van der Waals surface area contributed by atoms with Crippen molar-refractivity contribution in [2.75, 3.05) is 19.5 Å². The van der Waals surface area contributed by atoms with Crippen LogP contribution in [0.4, 0.5) is 5.69 Å². The van der Waals surface area contributed by atoms with E-state index in [-0.39, 0.29) is 6.04 Å². The molecule has 0 fully saturated rings. The van der Waals surface area contributed by atoms with E-state index in [0.29, 0.717) is 0 Å². The maximum absolute atomic E-state index is 5.35. The largest absolute Gasteiger partial charge is 0.493 e. The highest BCUT2D eigenvalue weighted by Gasteiger charge is 2.14. The predicted molar refractivity (Wildman–Crippen MR) is 83.2 cm³/mol. The number of aryl methyl sites for hydroxylation is 2. The molecule has 1 aromatic heterocycles. The molecule has 0 aliphatic rings. The molecule has 0 spiro atoms. The van der Waals surface area contributed by atoms with E-state index in [2.05, 4.69) is 24.1 Å². The van der Waals surface area contributed by atoms with Gasteiger partial charge in [-0.15, -0.1) is 11.3 Å². The van der Waals surface area contributed by atoms with Crippen LogP contribution in [0, 0.1) is 13.8 Å². The summed E-state index contributed by atoms with van der Waals surface area (Å²) >= 11 is 1.67. The molecule has 0 bridgehead atoms. The van der Waals surface area contributed by atoms with Gasteiger partial charge in [0.1, 0.15) is 0 Å². The molecule has 5 heteroatoms. The number of methoxy groups -OCH3 is 2. The highest BCUT2D eigenvalue weighted by Crippen LogP contribution is 2.35. The van der Waals surface area contributed by atoms with Crippen LogP contribution in [0.5, 0.6) is 11.5 Å². The van der Waals surface area contributed by atoms with E-state index in [1.165, 1.54) is 4.88 Å². The monoisotopic (exact) mass is 292 g/mol. The molecule has 108 valence electrons. The summed E-state index contributed by atoms with van der Waals surface area (Å²) in [5, 5.41) is 3.51. The summed E-state index contributed by atoms with van der Waals surface area (Å²) in [6.07, 6.45) is 0. The Morgan fingerprint density at radius 2 is 1.80 bits per heavy atom. The van der Waals surface area contributed by atoms with Gasteiger partial charge in [-0.05, 0) is 32.4 Å². The Bertz CT molecular complexity index is 596. The molecule has 0 saturated heterocycles. The van der Waals surface area contributed by atoms with Crippen LogP contribution in [0.1, 0.15) is 29.1 Å². The standard InChI is InChI=1S/C15H20N2O2S/c1-9-6-13(18-4)14(19-5)7-12(9)17-11(3)15-10(2)16-8-20-15/h6-8,11,17H,1-5H3. The lowest BCUT2D eigenvalue weighted by Gasteiger charge is -2.18. The highest BCUT2D eigenvalue weighted by atomic mass is 32.1. The minimum absolute atomic E-state index is 0.208. The number of nitrogens with zero attached hydrogens (tertiary/aromatic N) is 1. The number of rotatable bonds is 5. The molecule has 0 aliphatic carbocycles. The van der Waals surface area contributed by atoms with Crippen molar-refractivity contribution in [1.82, 2.24) is 4.98 Å². The Kier molecular flexibility index (Phi) is 4.49. The second-order valence-corrected chi connectivity index (χ2v) is 5.58. The summed E-state index contributed by atoms with van der Waals surface area (Å²) in [4.78, 5) is 5.55. The maximum atomic E-state index is 5.35. The first kappa shape index (κ1) is 14.7. The van der Waals surface area contributed by atoms with Gasteiger partial charge in [-0.2, -0.15) is 0 Å². The fourth-order valence-electron chi connectivity index (χ4n) is 2.16. The third kappa shape index (κ3) is 2.88. The van der Waals surface area contributed by atoms with Gasteiger partial charge in [-0.25, -0.2) is 4.98 Å². The molecule has 4 nitrogen and oxygen atoms in total. The fraction of sp³-hybridized carbons (Fsp3) is 0.400. The van der Waals surface area contributed by atoms with Crippen LogP contribution in [0.15, 0.2) is 17.6 Å². The second kappa shape index (κ2) is 6.13. The van der Waals surface area contributed by atoms with Crippen molar-refractivity contribution in [2.45, 2.75) is 26.8 Å². The molecular formula is C15H20N2O2S. The molecule has 1 N–H and O–H groups in total. The van der Waals surface area contributed by atoms with Crippen molar-refractivity contribution in [1.29, 1.82) is 0 Å². The fourth-order valence-corrected chi connectivity index (χ4v) is 2.97. The van der Waals surface area contributed by atoms with Gasteiger partial charge in [-0.1, -0.05) is 0 Å². The van der Waals surface area contributed by atoms with Crippen LogP contribution in [-0.2, 0) is 0 Å². The molecule has 0 saturated carbocycles. The number of aromatic nitrogens is 1. The SMILES string of the molecule is COc1cc(C)c(NC(C)c2scnc2C)cc1OC. The van der Waals surface area contributed by atoms with Gasteiger partial charge < -0.3 is 14.8 Å². The zero-order valence-corrected chi connectivity index (χ0v) is 13.3. The number of hydrogen-bond acceptors (Lipinski definition) is 5. The van der Waals surface area contributed by atoms with E-state index in [9.17, 15) is 0 Å². The first-order chi connectivity index (χ1) is 9.56. The normalized spacial score (nSPS) is 12.1. The Morgan fingerprint density at radius 3 is 2.35 bits per heavy atom. The Balaban J connectivity index is 2.27. The molecule has 1 aromatic carbocycles. The van der Waals surface area contributed by atoms with E-state index >= 15 is 0 Å². The van der Waals surface area contributed by atoms with Crippen molar-refractivity contribution in [2.24, 2.45) is 0 Å². The van der Waals surface area contributed by atoms with E-state index in [1.807, 2.05) is 24.6 Å². The topological polar surface area (TPSA) is 43.4 Å². The molecule has 1 atom stereocenters.